The van der Waals surface area contributed by atoms with Gasteiger partial charge in [0.2, 0.25) is 0 Å². The molecule has 2 N–H and O–H groups in total. The number of aliphatic carboxylic acids is 2. The van der Waals surface area contributed by atoms with Crippen LogP contribution in [0.25, 0.3) is 0 Å². The van der Waals surface area contributed by atoms with Crippen molar-refractivity contribution in [3.63, 3.8) is 0 Å². The summed E-state index contributed by atoms with van der Waals surface area (Å²) in [5.41, 5.74) is 0.589. The van der Waals surface area contributed by atoms with E-state index in [2.05, 4.69) is 4.74 Å². The molecule has 0 aromatic heterocycles. The summed E-state index contributed by atoms with van der Waals surface area (Å²) in [4.78, 5) is 31.3. The van der Waals surface area contributed by atoms with Gasteiger partial charge in [0.25, 0.3) is 0 Å². The second-order valence-electron chi connectivity index (χ2n) is 4.23. The molecule has 0 aliphatic heterocycles. The molecule has 0 radical (unpaired) electrons. The molecule has 22 heavy (non-hydrogen) atoms. The lowest BCUT2D eigenvalue weighted by Crippen LogP contribution is -2.02. The van der Waals surface area contributed by atoms with Crippen LogP contribution in [0.4, 0.5) is 0 Å². The largest absolute Gasteiger partial charge is 0.497 e. The van der Waals surface area contributed by atoms with Crippen molar-refractivity contribution in [1.29, 1.82) is 0 Å². The van der Waals surface area contributed by atoms with Crippen molar-refractivity contribution in [3.05, 3.63) is 29.8 Å². The van der Waals surface area contributed by atoms with Crippen molar-refractivity contribution >= 4 is 17.7 Å². The quantitative estimate of drug-likeness (QED) is 0.705. The number of methoxy groups -OCH3 is 2. The molecule has 0 amide bonds. The fourth-order valence-corrected chi connectivity index (χ4v) is 1.44. The Kier molecular flexibility index (Phi) is 10.0. The number of benzene rings is 1. The molecule has 1 aromatic rings. The Hall–Kier alpha value is -2.41. The van der Waals surface area contributed by atoms with Crippen LogP contribution in [-0.2, 0) is 14.3 Å². The molecule has 0 saturated carbocycles. The lowest BCUT2D eigenvalue weighted by atomic mass is 10.1. The Morgan fingerprint density at radius 1 is 0.955 bits per heavy atom. The maximum atomic E-state index is 11.6. The first kappa shape index (κ1) is 19.6. The number of carboxylic acids is 2. The molecule has 0 unspecified atom stereocenters. The van der Waals surface area contributed by atoms with E-state index in [1.165, 1.54) is 7.11 Å². The fourth-order valence-electron chi connectivity index (χ4n) is 1.44. The Morgan fingerprint density at radius 3 is 1.91 bits per heavy atom. The number of carbonyl (C=O) groups excluding carboxylic acids is 1. The van der Waals surface area contributed by atoms with Crippen molar-refractivity contribution in [1.82, 2.24) is 0 Å². The third kappa shape index (κ3) is 9.49. The molecule has 0 atom stereocenters. The van der Waals surface area contributed by atoms with E-state index in [4.69, 9.17) is 14.9 Å². The van der Waals surface area contributed by atoms with Crippen molar-refractivity contribution in [2.45, 2.75) is 19.3 Å². The maximum Gasteiger partial charge on any atom is 0.329 e. The van der Waals surface area contributed by atoms with Crippen LogP contribution >= 0.6 is 0 Å². The average molecular weight is 312 g/mol. The summed E-state index contributed by atoms with van der Waals surface area (Å²) >= 11 is 0. The third-order valence-corrected chi connectivity index (χ3v) is 2.47. The SMILES string of the molecule is COCC(=O)O.COc1ccc(C(=O)CCCC(=O)O)cc1. The van der Waals surface area contributed by atoms with Gasteiger partial charge in [0.05, 0.1) is 7.11 Å². The highest BCUT2D eigenvalue weighted by molar-refractivity contribution is 5.96. The third-order valence-electron chi connectivity index (χ3n) is 2.47. The molecule has 0 heterocycles. The molecule has 0 aliphatic rings. The van der Waals surface area contributed by atoms with Crippen molar-refractivity contribution in [2.24, 2.45) is 0 Å². The van der Waals surface area contributed by atoms with Crippen LogP contribution in [0, 0.1) is 0 Å². The van der Waals surface area contributed by atoms with E-state index in [1.54, 1.807) is 31.4 Å². The minimum Gasteiger partial charge on any atom is -0.497 e. The smallest absolute Gasteiger partial charge is 0.329 e. The molecule has 0 fully saturated rings. The van der Waals surface area contributed by atoms with Gasteiger partial charge in [0, 0.05) is 25.5 Å². The van der Waals surface area contributed by atoms with E-state index in [0.29, 0.717) is 17.7 Å². The van der Waals surface area contributed by atoms with E-state index in [1.807, 2.05) is 0 Å². The minimum absolute atomic E-state index is 0.0297. The zero-order valence-electron chi connectivity index (χ0n) is 12.6. The Labute approximate surface area is 128 Å². The summed E-state index contributed by atoms with van der Waals surface area (Å²) < 4.78 is 9.18. The van der Waals surface area contributed by atoms with Gasteiger partial charge in [-0.2, -0.15) is 0 Å². The molecule has 0 saturated heterocycles. The number of carbonyl (C=O) groups is 3. The summed E-state index contributed by atoms with van der Waals surface area (Å²) in [6, 6.07) is 6.79. The lowest BCUT2D eigenvalue weighted by Gasteiger charge is -2.02. The van der Waals surface area contributed by atoms with Gasteiger partial charge in [-0.15, -0.1) is 0 Å². The first-order valence-corrected chi connectivity index (χ1v) is 6.50. The maximum absolute atomic E-state index is 11.6. The van der Waals surface area contributed by atoms with E-state index in [-0.39, 0.29) is 25.2 Å². The van der Waals surface area contributed by atoms with Crippen LogP contribution in [0.5, 0.6) is 5.75 Å². The van der Waals surface area contributed by atoms with Gasteiger partial charge in [-0.3, -0.25) is 9.59 Å². The molecule has 1 rings (SSSR count). The second-order valence-corrected chi connectivity index (χ2v) is 4.23. The number of Topliss-reactive ketones (excluding diaryl/α,β-unsaturated/α-hetero) is 1. The minimum atomic E-state index is -0.933. The van der Waals surface area contributed by atoms with Gasteiger partial charge >= 0.3 is 11.9 Å². The molecule has 0 spiro atoms. The van der Waals surface area contributed by atoms with E-state index in [0.717, 1.165) is 0 Å². The second kappa shape index (κ2) is 11.3. The zero-order valence-corrected chi connectivity index (χ0v) is 12.6. The Balaban J connectivity index is 0.000000626. The highest BCUT2D eigenvalue weighted by atomic mass is 16.5. The Morgan fingerprint density at radius 2 is 1.55 bits per heavy atom. The van der Waals surface area contributed by atoms with Crippen LogP contribution in [0.1, 0.15) is 29.6 Å². The van der Waals surface area contributed by atoms with Crippen LogP contribution < -0.4 is 4.74 Å². The van der Waals surface area contributed by atoms with Gasteiger partial charge in [-0.05, 0) is 30.7 Å². The molecule has 1 aromatic carbocycles. The van der Waals surface area contributed by atoms with Crippen LogP contribution in [0.15, 0.2) is 24.3 Å². The van der Waals surface area contributed by atoms with Crippen LogP contribution in [-0.4, -0.2) is 48.8 Å². The predicted molar refractivity (Wildman–Crippen MR) is 78.3 cm³/mol. The number of ketones is 1. The molecular weight excluding hydrogens is 292 g/mol. The summed E-state index contributed by atoms with van der Waals surface area (Å²) in [5, 5.41) is 16.2. The zero-order chi connectivity index (χ0) is 17.0. The summed E-state index contributed by atoms with van der Waals surface area (Å²) in [6.07, 6.45) is 0.667. The van der Waals surface area contributed by atoms with Crippen molar-refractivity contribution in [2.75, 3.05) is 20.8 Å². The van der Waals surface area contributed by atoms with Gasteiger partial charge in [-0.25, -0.2) is 4.79 Å². The molecule has 7 nitrogen and oxygen atoms in total. The summed E-state index contributed by atoms with van der Waals surface area (Å²) in [6.45, 7) is -0.208. The van der Waals surface area contributed by atoms with Gasteiger partial charge in [0.15, 0.2) is 5.78 Å². The van der Waals surface area contributed by atoms with Crippen LogP contribution in [0.2, 0.25) is 0 Å². The Bertz CT molecular complexity index is 479. The lowest BCUT2D eigenvalue weighted by molar-refractivity contribution is -0.141. The number of hydrogen-bond acceptors (Lipinski definition) is 5. The fraction of sp³-hybridized carbons (Fsp3) is 0.400. The summed E-state index contributed by atoms with van der Waals surface area (Å²) in [5.74, 6) is -1.15. The molecule has 7 heteroatoms. The van der Waals surface area contributed by atoms with E-state index >= 15 is 0 Å². The first-order chi connectivity index (χ1) is 10.4. The van der Waals surface area contributed by atoms with Crippen molar-refractivity contribution in [3.8, 4) is 5.75 Å². The molecular formula is C15H20O7. The molecule has 122 valence electrons. The number of rotatable bonds is 8. The van der Waals surface area contributed by atoms with Crippen LogP contribution in [0.3, 0.4) is 0 Å². The van der Waals surface area contributed by atoms with Crippen molar-refractivity contribution < 1.29 is 34.1 Å². The molecule has 0 aliphatic carbocycles. The molecule has 0 bridgehead atoms. The number of ether oxygens (including phenoxy) is 2. The highest BCUT2D eigenvalue weighted by Crippen LogP contribution is 2.13. The summed E-state index contributed by atoms with van der Waals surface area (Å²) in [7, 11) is 2.90. The van der Waals surface area contributed by atoms with E-state index in [9.17, 15) is 14.4 Å². The topological polar surface area (TPSA) is 110 Å². The highest BCUT2D eigenvalue weighted by Gasteiger charge is 2.06. The van der Waals surface area contributed by atoms with Gasteiger partial charge < -0.3 is 19.7 Å². The van der Waals surface area contributed by atoms with E-state index < -0.39 is 11.9 Å². The first-order valence-electron chi connectivity index (χ1n) is 6.50. The number of carboxylic acid groups (broad SMARTS) is 2. The number of hydrogen-bond donors (Lipinski definition) is 2. The average Bonchev–Trinajstić information content (AvgIpc) is 2.47. The predicted octanol–water partition coefficient (Wildman–Crippen LogP) is 1.85. The monoisotopic (exact) mass is 312 g/mol. The normalized spacial score (nSPS) is 9.36. The van der Waals surface area contributed by atoms with Gasteiger partial charge in [0.1, 0.15) is 12.4 Å². The van der Waals surface area contributed by atoms with Gasteiger partial charge in [-0.1, -0.05) is 0 Å². The standard InChI is InChI=1S/C12H14O4.C3H6O3/c1-16-10-7-5-9(6-8-10)11(13)3-2-4-12(14)15;1-6-2-3(4)5/h5-8H,2-4H2,1H3,(H,14,15);2H2,1H3,(H,4,5).